The maximum absolute atomic E-state index is 8.97. The number of benzene rings is 1. The molecule has 86 valence electrons. The average molecular weight is 235 g/mol. The second-order valence-corrected chi connectivity index (χ2v) is 3.81. The fourth-order valence-electron chi connectivity index (χ4n) is 1.88. The highest BCUT2D eigenvalue weighted by Gasteiger charge is 2.10. The van der Waals surface area contributed by atoms with E-state index in [9.17, 15) is 0 Å². The van der Waals surface area contributed by atoms with Gasteiger partial charge in [0.05, 0.1) is 22.3 Å². The summed E-state index contributed by atoms with van der Waals surface area (Å²) < 4.78 is 1.78. The Balaban J connectivity index is 2.31. The SMILES string of the molecule is N#Cc1ccnc(-n2cnc3ccccc32)c1N. The number of imidazole rings is 1. The number of hydrogen-bond donors (Lipinski definition) is 1. The van der Waals surface area contributed by atoms with Gasteiger partial charge in [-0.05, 0) is 18.2 Å². The van der Waals surface area contributed by atoms with Crippen LogP contribution in [0.4, 0.5) is 5.69 Å². The molecule has 0 bridgehead atoms. The quantitative estimate of drug-likeness (QED) is 0.698. The monoisotopic (exact) mass is 235 g/mol. The molecule has 0 saturated heterocycles. The molecule has 0 aliphatic carbocycles. The van der Waals surface area contributed by atoms with Gasteiger partial charge in [0.2, 0.25) is 0 Å². The van der Waals surface area contributed by atoms with Crippen LogP contribution in [0.2, 0.25) is 0 Å². The number of anilines is 1. The zero-order valence-electron chi connectivity index (χ0n) is 9.41. The smallest absolute Gasteiger partial charge is 0.163 e. The molecule has 3 aromatic rings. The molecule has 5 heteroatoms. The Bertz CT molecular complexity index is 766. The summed E-state index contributed by atoms with van der Waals surface area (Å²) in [6.45, 7) is 0. The first kappa shape index (κ1) is 10.3. The highest BCUT2D eigenvalue weighted by Crippen LogP contribution is 2.22. The second kappa shape index (κ2) is 3.86. The Morgan fingerprint density at radius 1 is 1.17 bits per heavy atom. The molecule has 1 aromatic carbocycles. The van der Waals surface area contributed by atoms with Crippen molar-refractivity contribution in [2.24, 2.45) is 0 Å². The lowest BCUT2D eigenvalue weighted by Gasteiger charge is -2.07. The van der Waals surface area contributed by atoms with Gasteiger partial charge < -0.3 is 5.73 Å². The van der Waals surface area contributed by atoms with E-state index in [0.717, 1.165) is 11.0 Å². The van der Waals surface area contributed by atoms with E-state index in [4.69, 9.17) is 11.0 Å². The van der Waals surface area contributed by atoms with Crippen molar-refractivity contribution in [2.45, 2.75) is 0 Å². The standard InChI is InChI=1S/C13H9N5/c14-7-9-5-6-16-13(12(9)15)18-8-17-10-3-1-2-4-11(10)18/h1-6,8H,15H2. The van der Waals surface area contributed by atoms with Crippen molar-refractivity contribution in [1.82, 2.24) is 14.5 Å². The molecule has 0 saturated carbocycles. The third-order valence-corrected chi connectivity index (χ3v) is 2.77. The van der Waals surface area contributed by atoms with E-state index in [2.05, 4.69) is 9.97 Å². The maximum Gasteiger partial charge on any atom is 0.163 e. The normalized spacial score (nSPS) is 10.4. The summed E-state index contributed by atoms with van der Waals surface area (Å²) >= 11 is 0. The van der Waals surface area contributed by atoms with Crippen LogP contribution in [0.3, 0.4) is 0 Å². The highest BCUT2D eigenvalue weighted by molar-refractivity contribution is 5.78. The van der Waals surface area contributed by atoms with Gasteiger partial charge in [-0.1, -0.05) is 12.1 Å². The first-order chi connectivity index (χ1) is 8.81. The molecular formula is C13H9N5. The number of aromatic nitrogens is 3. The number of rotatable bonds is 1. The number of nitrogens with zero attached hydrogens (tertiary/aromatic N) is 4. The van der Waals surface area contributed by atoms with Crippen LogP contribution in [0, 0.1) is 11.3 Å². The van der Waals surface area contributed by atoms with Gasteiger partial charge in [-0.25, -0.2) is 9.97 Å². The summed E-state index contributed by atoms with van der Waals surface area (Å²) in [6, 6.07) is 11.3. The minimum atomic E-state index is 0.364. The van der Waals surface area contributed by atoms with Crippen LogP contribution < -0.4 is 5.73 Å². The van der Waals surface area contributed by atoms with Gasteiger partial charge in [-0.15, -0.1) is 0 Å². The Kier molecular flexibility index (Phi) is 2.21. The highest BCUT2D eigenvalue weighted by atomic mass is 15.1. The van der Waals surface area contributed by atoms with Gasteiger partial charge in [0, 0.05) is 6.20 Å². The zero-order valence-corrected chi connectivity index (χ0v) is 9.41. The van der Waals surface area contributed by atoms with Crippen LogP contribution in [0.15, 0.2) is 42.9 Å². The van der Waals surface area contributed by atoms with Crippen LogP contribution in [0.5, 0.6) is 0 Å². The topological polar surface area (TPSA) is 80.5 Å². The minimum Gasteiger partial charge on any atom is -0.395 e. The fourth-order valence-corrected chi connectivity index (χ4v) is 1.88. The van der Waals surface area contributed by atoms with E-state index < -0.39 is 0 Å². The average Bonchev–Trinajstić information content (AvgIpc) is 2.83. The van der Waals surface area contributed by atoms with E-state index in [1.165, 1.54) is 0 Å². The number of nitriles is 1. The minimum absolute atomic E-state index is 0.364. The van der Waals surface area contributed by atoms with Gasteiger partial charge >= 0.3 is 0 Å². The van der Waals surface area contributed by atoms with Crippen molar-refractivity contribution in [2.75, 3.05) is 5.73 Å². The first-order valence-corrected chi connectivity index (χ1v) is 5.38. The second-order valence-electron chi connectivity index (χ2n) is 3.81. The number of para-hydroxylation sites is 2. The lowest BCUT2D eigenvalue weighted by atomic mass is 10.2. The van der Waals surface area contributed by atoms with E-state index in [-0.39, 0.29) is 0 Å². The van der Waals surface area contributed by atoms with E-state index in [1.54, 1.807) is 23.2 Å². The van der Waals surface area contributed by atoms with Gasteiger partial charge in [0.15, 0.2) is 5.82 Å². The van der Waals surface area contributed by atoms with Crippen LogP contribution in [0.1, 0.15) is 5.56 Å². The third kappa shape index (κ3) is 1.40. The van der Waals surface area contributed by atoms with Gasteiger partial charge in [-0.2, -0.15) is 5.26 Å². The molecule has 0 fully saturated rings. The number of fused-ring (bicyclic) bond motifs is 1. The van der Waals surface area contributed by atoms with Crippen molar-refractivity contribution in [3.8, 4) is 11.9 Å². The maximum atomic E-state index is 8.97. The van der Waals surface area contributed by atoms with Crippen molar-refractivity contribution in [3.63, 3.8) is 0 Å². The molecule has 0 radical (unpaired) electrons. The summed E-state index contributed by atoms with van der Waals surface area (Å²) in [4.78, 5) is 8.50. The molecule has 0 atom stereocenters. The van der Waals surface area contributed by atoms with Crippen LogP contribution >= 0.6 is 0 Å². The van der Waals surface area contributed by atoms with E-state index >= 15 is 0 Å². The van der Waals surface area contributed by atoms with Crippen molar-refractivity contribution < 1.29 is 0 Å². The largest absolute Gasteiger partial charge is 0.395 e. The molecule has 3 rings (SSSR count). The molecule has 0 spiro atoms. The van der Waals surface area contributed by atoms with E-state index in [1.807, 2.05) is 30.3 Å². The summed E-state index contributed by atoms with van der Waals surface area (Å²) in [7, 11) is 0. The molecule has 2 aromatic heterocycles. The number of hydrogen-bond acceptors (Lipinski definition) is 4. The Hall–Kier alpha value is -2.87. The van der Waals surface area contributed by atoms with E-state index in [0.29, 0.717) is 17.1 Å². The molecule has 5 nitrogen and oxygen atoms in total. The van der Waals surface area contributed by atoms with Crippen molar-refractivity contribution in [1.29, 1.82) is 5.26 Å². The van der Waals surface area contributed by atoms with Gasteiger partial charge in [0.25, 0.3) is 0 Å². The Morgan fingerprint density at radius 2 is 2.00 bits per heavy atom. The fraction of sp³-hybridized carbons (Fsp3) is 0. The van der Waals surface area contributed by atoms with Crippen molar-refractivity contribution in [3.05, 3.63) is 48.4 Å². The van der Waals surface area contributed by atoms with Crippen LogP contribution in [-0.2, 0) is 0 Å². The molecule has 0 amide bonds. The van der Waals surface area contributed by atoms with Gasteiger partial charge in [-0.3, -0.25) is 4.57 Å². The van der Waals surface area contributed by atoms with Gasteiger partial charge in [0.1, 0.15) is 12.4 Å². The number of nitrogens with two attached hydrogens (primary N) is 1. The molecule has 18 heavy (non-hydrogen) atoms. The molecular weight excluding hydrogens is 226 g/mol. The predicted molar refractivity (Wildman–Crippen MR) is 68.0 cm³/mol. The van der Waals surface area contributed by atoms with Crippen LogP contribution in [-0.4, -0.2) is 14.5 Å². The Labute approximate surface area is 103 Å². The lowest BCUT2D eigenvalue weighted by molar-refractivity contribution is 1.02. The summed E-state index contributed by atoms with van der Waals surface area (Å²) in [6.07, 6.45) is 3.23. The predicted octanol–water partition coefficient (Wildman–Crippen LogP) is 1.87. The molecule has 0 aliphatic rings. The molecule has 0 aliphatic heterocycles. The molecule has 2 N–H and O–H groups in total. The summed E-state index contributed by atoms with van der Waals surface area (Å²) in [5, 5.41) is 8.97. The summed E-state index contributed by atoms with van der Waals surface area (Å²) in [5.74, 6) is 0.530. The molecule has 2 heterocycles. The van der Waals surface area contributed by atoms with Crippen LogP contribution in [0.25, 0.3) is 16.9 Å². The number of pyridine rings is 1. The summed E-state index contributed by atoms with van der Waals surface area (Å²) in [5.41, 5.74) is 8.49. The first-order valence-electron chi connectivity index (χ1n) is 5.38. The van der Waals surface area contributed by atoms with Crippen molar-refractivity contribution >= 4 is 16.7 Å². The third-order valence-electron chi connectivity index (χ3n) is 2.77. The number of nitrogen functional groups attached to an aromatic ring is 1. The zero-order chi connectivity index (χ0) is 12.5. The lowest BCUT2D eigenvalue weighted by Crippen LogP contribution is -2.03. The molecule has 0 unspecified atom stereocenters. The Morgan fingerprint density at radius 3 is 2.83 bits per heavy atom.